The lowest BCUT2D eigenvalue weighted by atomic mass is 10.2. The van der Waals surface area contributed by atoms with Gasteiger partial charge < -0.3 is 19.5 Å². The minimum atomic E-state index is -0.141. The molecule has 1 N–H and O–H groups in total. The van der Waals surface area contributed by atoms with E-state index < -0.39 is 0 Å². The van der Waals surface area contributed by atoms with Crippen LogP contribution in [0.2, 0.25) is 0 Å². The molecule has 0 bridgehead atoms. The molecule has 116 valence electrons. The van der Waals surface area contributed by atoms with Crippen LogP contribution >= 0.6 is 0 Å². The van der Waals surface area contributed by atoms with E-state index in [9.17, 15) is 4.79 Å². The maximum Gasteiger partial charge on any atom is 0.255 e. The zero-order valence-corrected chi connectivity index (χ0v) is 12.5. The summed E-state index contributed by atoms with van der Waals surface area (Å²) < 4.78 is 16.5. The Morgan fingerprint density at radius 3 is 3.05 bits per heavy atom. The van der Waals surface area contributed by atoms with Gasteiger partial charge in [-0.15, -0.1) is 0 Å². The molecule has 0 spiro atoms. The molecule has 1 aromatic carbocycles. The zero-order chi connectivity index (χ0) is 14.9. The molecule has 21 heavy (non-hydrogen) atoms. The largest absolute Gasteiger partial charge is 0.490 e. The lowest BCUT2D eigenvalue weighted by Crippen LogP contribution is -2.28. The molecule has 1 amide bonds. The first-order valence-electron chi connectivity index (χ1n) is 7.50. The minimum Gasteiger partial charge on any atom is -0.490 e. The monoisotopic (exact) mass is 293 g/mol. The maximum absolute atomic E-state index is 12.1. The second-order valence-corrected chi connectivity index (χ2v) is 4.90. The number of carbonyl (C=O) groups excluding carboxylic acids is 1. The first kappa shape index (κ1) is 15.8. The van der Waals surface area contributed by atoms with Gasteiger partial charge in [0.1, 0.15) is 12.4 Å². The molecule has 0 radical (unpaired) electrons. The number of rotatable bonds is 8. The van der Waals surface area contributed by atoms with E-state index in [1.807, 2.05) is 25.1 Å². The molecule has 1 atom stereocenters. The van der Waals surface area contributed by atoms with E-state index in [-0.39, 0.29) is 12.0 Å². The molecule has 2 rings (SSSR count). The van der Waals surface area contributed by atoms with Crippen LogP contribution in [0.15, 0.2) is 24.3 Å². The molecule has 5 heteroatoms. The van der Waals surface area contributed by atoms with Crippen molar-refractivity contribution in [2.45, 2.75) is 25.9 Å². The van der Waals surface area contributed by atoms with Gasteiger partial charge in [0.05, 0.1) is 18.3 Å². The van der Waals surface area contributed by atoms with Crippen LogP contribution in [0.25, 0.3) is 0 Å². The number of hydrogen-bond donors (Lipinski definition) is 1. The van der Waals surface area contributed by atoms with Crippen molar-refractivity contribution >= 4 is 5.91 Å². The number of benzene rings is 1. The Morgan fingerprint density at radius 1 is 1.43 bits per heavy atom. The number of carbonyl (C=O) groups is 1. The Hall–Kier alpha value is -1.59. The highest BCUT2D eigenvalue weighted by atomic mass is 16.5. The lowest BCUT2D eigenvalue weighted by Gasteiger charge is -2.14. The van der Waals surface area contributed by atoms with Crippen LogP contribution < -0.4 is 10.1 Å². The molecule has 1 unspecified atom stereocenters. The summed E-state index contributed by atoms with van der Waals surface area (Å²) in [6.07, 6.45) is 2.23. The lowest BCUT2D eigenvalue weighted by molar-refractivity contribution is 0.0670. The highest BCUT2D eigenvalue weighted by Crippen LogP contribution is 2.20. The average Bonchev–Trinajstić information content (AvgIpc) is 3.03. The van der Waals surface area contributed by atoms with Crippen LogP contribution in [0.1, 0.15) is 30.1 Å². The summed E-state index contributed by atoms with van der Waals surface area (Å²) in [4.78, 5) is 12.1. The summed E-state index contributed by atoms with van der Waals surface area (Å²) in [7, 11) is 0. The predicted octanol–water partition coefficient (Wildman–Crippen LogP) is 2.01. The average molecular weight is 293 g/mol. The van der Waals surface area contributed by atoms with E-state index in [0.29, 0.717) is 37.7 Å². The normalized spacial score (nSPS) is 17.7. The van der Waals surface area contributed by atoms with Gasteiger partial charge in [0.15, 0.2) is 0 Å². The summed E-state index contributed by atoms with van der Waals surface area (Å²) in [5.41, 5.74) is 0.548. The van der Waals surface area contributed by atoms with Crippen molar-refractivity contribution in [2.75, 3.05) is 33.0 Å². The van der Waals surface area contributed by atoms with Crippen molar-refractivity contribution in [1.29, 1.82) is 0 Å². The first-order valence-corrected chi connectivity index (χ1v) is 7.50. The third kappa shape index (κ3) is 5.02. The number of nitrogens with one attached hydrogen (secondary N) is 1. The SMILES string of the molecule is CCOCCNC(=O)c1ccccc1OCC1CCCO1. The molecule has 0 aliphatic carbocycles. The van der Waals surface area contributed by atoms with Crippen LogP contribution in [0, 0.1) is 0 Å². The van der Waals surface area contributed by atoms with E-state index in [2.05, 4.69) is 5.32 Å². The van der Waals surface area contributed by atoms with E-state index in [1.165, 1.54) is 0 Å². The molecule has 5 nitrogen and oxygen atoms in total. The fraction of sp³-hybridized carbons (Fsp3) is 0.562. The van der Waals surface area contributed by atoms with Gasteiger partial charge in [-0.05, 0) is 31.9 Å². The second-order valence-electron chi connectivity index (χ2n) is 4.90. The summed E-state index contributed by atoms with van der Waals surface area (Å²) >= 11 is 0. The predicted molar refractivity (Wildman–Crippen MR) is 79.7 cm³/mol. The van der Waals surface area contributed by atoms with Crippen LogP contribution in [0.3, 0.4) is 0 Å². The van der Waals surface area contributed by atoms with Crippen molar-refractivity contribution in [2.24, 2.45) is 0 Å². The standard InChI is InChI=1S/C16H23NO4/c1-2-19-11-9-17-16(18)14-7-3-4-8-15(14)21-12-13-6-5-10-20-13/h3-4,7-8,13H,2,5-6,9-12H2,1H3,(H,17,18). The zero-order valence-electron chi connectivity index (χ0n) is 12.5. The molecule has 1 aliphatic heterocycles. The van der Waals surface area contributed by atoms with Crippen molar-refractivity contribution < 1.29 is 19.0 Å². The Kier molecular flexibility index (Phi) is 6.50. The van der Waals surface area contributed by atoms with Gasteiger partial charge in [-0.25, -0.2) is 0 Å². The summed E-state index contributed by atoms with van der Waals surface area (Å²) in [5.74, 6) is 0.458. The van der Waals surface area contributed by atoms with E-state index >= 15 is 0 Å². The molecule has 1 saturated heterocycles. The van der Waals surface area contributed by atoms with Crippen molar-refractivity contribution in [3.8, 4) is 5.75 Å². The number of amides is 1. The van der Waals surface area contributed by atoms with Crippen LogP contribution in [-0.2, 0) is 9.47 Å². The Labute approximate surface area is 125 Å². The van der Waals surface area contributed by atoms with Crippen LogP contribution in [0.4, 0.5) is 0 Å². The number of ether oxygens (including phenoxy) is 3. The second kappa shape index (κ2) is 8.64. The highest BCUT2D eigenvalue weighted by molar-refractivity contribution is 5.96. The highest BCUT2D eigenvalue weighted by Gasteiger charge is 2.18. The van der Waals surface area contributed by atoms with E-state index in [1.54, 1.807) is 6.07 Å². The molecule has 0 saturated carbocycles. The van der Waals surface area contributed by atoms with Gasteiger partial charge in [0.25, 0.3) is 5.91 Å². The maximum atomic E-state index is 12.1. The van der Waals surface area contributed by atoms with Crippen molar-refractivity contribution in [1.82, 2.24) is 5.32 Å². The van der Waals surface area contributed by atoms with Crippen LogP contribution in [-0.4, -0.2) is 45.0 Å². The van der Waals surface area contributed by atoms with Gasteiger partial charge in [0.2, 0.25) is 0 Å². The summed E-state index contributed by atoms with van der Waals surface area (Å²) in [6, 6.07) is 7.27. The smallest absolute Gasteiger partial charge is 0.255 e. The fourth-order valence-electron chi connectivity index (χ4n) is 2.21. The molecule has 0 aromatic heterocycles. The molecule has 1 fully saturated rings. The molecule has 1 heterocycles. The van der Waals surface area contributed by atoms with Gasteiger partial charge in [0, 0.05) is 19.8 Å². The number of hydrogen-bond acceptors (Lipinski definition) is 4. The Morgan fingerprint density at radius 2 is 2.29 bits per heavy atom. The first-order chi connectivity index (χ1) is 10.3. The quantitative estimate of drug-likeness (QED) is 0.745. The van der Waals surface area contributed by atoms with Crippen molar-refractivity contribution in [3.63, 3.8) is 0 Å². The topological polar surface area (TPSA) is 56.8 Å². The third-order valence-electron chi connectivity index (χ3n) is 3.32. The minimum absolute atomic E-state index is 0.138. The fourth-order valence-corrected chi connectivity index (χ4v) is 2.21. The molecular weight excluding hydrogens is 270 g/mol. The Balaban J connectivity index is 1.87. The van der Waals surface area contributed by atoms with Gasteiger partial charge in [-0.2, -0.15) is 0 Å². The van der Waals surface area contributed by atoms with Crippen LogP contribution in [0.5, 0.6) is 5.75 Å². The molecule has 1 aromatic rings. The summed E-state index contributed by atoms with van der Waals surface area (Å²) in [5, 5.41) is 2.83. The molecule has 1 aliphatic rings. The summed E-state index contributed by atoms with van der Waals surface area (Å²) in [6.45, 7) is 4.87. The van der Waals surface area contributed by atoms with E-state index in [4.69, 9.17) is 14.2 Å². The van der Waals surface area contributed by atoms with Crippen molar-refractivity contribution in [3.05, 3.63) is 29.8 Å². The van der Waals surface area contributed by atoms with Gasteiger partial charge in [-0.3, -0.25) is 4.79 Å². The van der Waals surface area contributed by atoms with Gasteiger partial charge in [-0.1, -0.05) is 12.1 Å². The Bertz CT molecular complexity index is 444. The third-order valence-corrected chi connectivity index (χ3v) is 3.32. The number of para-hydroxylation sites is 1. The van der Waals surface area contributed by atoms with Gasteiger partial charge >= 0.3 is 0 Å². The molecular formula is C16H23NO4. The van der Waals surface area contributed by atoms with E-state index in [0.717, 1.165) is 19.4 Å².